The van der Waals surface area contributed by atoms with Gasteiger partial charge in [-0.05, 0) is 25.3 Å². The molecule has 1 aliphatic heterocycles. The van der Waals surface area contributed by atoms with Crippen molar-refractivity contribution in [2.45, 2.75) is 63.5 Å². The number of urea groups is 1. The van der Waals surface area contributed by atoms with Gasteiger partial charge in [-0.2, -0.15) is 0 Å². The highest BCUT2D eigenvalue weighted by molar-refractivity contribution is 5.77. The standard InChI is InChI=1S/C20H29N3O3/c24-19(23-17-12-14-26-18-10-5-4-9-16(17)18)11-6-13-21-20(25)22-15-7-2-1-3-8-15/h4-5,9-10,15,17H,1-3,6-8,11-14H2,(H,23,24)(H2,21,22,25)/t17-/m0/s1. The van der Waals surface area contributed by atoms with Crippen LogP contribution in [0.3, 0.4) is 0 Å². The Bertz CT molecular complexity index is 614. The zero-order valence-electron chi connectivity index (χ0n) is 15.3. The van der Waals surface area contributed by atoms with Gasteiger partial charge in [-0.1, -0.05) is 37.5 Å². The molecule has 142 valence electrons. The smallest absolute Gasteiger partial charge is 0.315 e. The number of para-hydroxylation sites is 1. The van der Waals surface area contributed by atoms with Crippen LogP contribution in [0.5, 0.6) is 5.75 Å². The van der Waals surface area contributed by atoms with E-state index in [2.05, 4.69) is 16.0 Å². The van der Waals surface area contributed by atoms with E-state index in [0.29, 0.717) is 32.0 Å². The van der Waals surface area contributed by atoms with E-state index in [9.17, 15) is 9.59 Å². The summed E-state index contributed by atoms with van der Waals surface area (Å²) in [6.45, 7) is 1.13. The predicted molar refractivity (Wildman–Crippen MR) is 100 cm³/mol. The fourth-order valence-corrected chi connectivity index (χ4v) is 3.69. The van der Waals surface area contributed by atoms with E-state index in [4.69, 9.17) is 4.74 Å². The molecule has 1 aromatic rings. The Kier molecular flexibility index (Phi) is 6.75. The number of fused-ring (bicyclic) bond motifs is 1. The summed E-state index contributed by atoms with van der Waals surface area (Å²) in [7, 11) is 0. The number of carbonyl (C=O) groups is 2. The Morgan fingerprint density at radius 3 is 2.69 bits per heavy atom. The van der Waals surface area contributed by atoms with Gasteiger partial charge in [-0.15, -0.1) is 0 Å². The molecule has 3 N–H and O–H groups in total. The molecule has 0 aromatic heterocycles. The van der Waals surface area contributed by atoms with Gasteiger partial charge >= 0.3 is 6.03 Å². The first-order valence-electron chi connectivity index (χ1n) is 9.78. The van der Waals surface area contributed by atoms with Crippen LogP contribution in [-0.4, -0.2) is 31.1 Å². The molecule has 1 heterocycles. The van der Waals surface area contributed by atoms with Crippen molar-refractivity contribution in [1.82, 2.24) is 16.0 Å². The SMILES string of the molecule is O=C(CCCNC(=O)NC1CCCCC1)N[C@H]1CCOc2ccccc21. The highest BCUT2D eigenvalue weighted by Gasteiger charge is 2.22. The first-order valence-corrected chi connectivity index (χ1v) is 9.78. The molecule has 1 fully saturated rings. The third kappa shape index (κ3) is 5.38. The molecule has 3 rings (SSSR count). The van der Waals surface area contributed by atoms with E-state index in [-0.39, 0.29) is 18.0 Å². The molecule has 6 heteroatoms. The number of ether oxygens (including phenoxy) is 1. The van der Waals surface area contributed by atoms with E-state index in [1.807, 2.05) is 24.3 Å². The van der Waals surface area contributed by atoms with Crippen molar-refractivity contribution in [3.63, 3.8) is 0 Å². The molecule has 2 aliphatic rings. The lowest BCUT2D eigenvalue weighted by molar-refractivity contribution is -0.122. The molecule has 0 unspecified atom stereocenters. The van der Waals surface area contributed by atoms with Gasteiger partial charge in [-0.3, -0.25) is 4.79 Å². The summed E-state index contributed by atoms with van der Waals surface area (Å²) >= 11 is 0. The van der Waals surface area contributed by atoms with E-state index >= 15 is 0 Å². The number of benzene rings is 1. The van der Waals surface area contributed by atoms with Crippen LogP contribution in [0.1, 0.15) is 63.0 Å². The van der Waals surface area contributed by atoms with E-state index in [1.54, 1.807) is 0 Å². The van der Waals surface area contributed by atoms with Crippen LogP contribution in [0.4, 0.5) is 4.79 Å². The van der Waals surface area contributed by atoms with Crippen LogP contribution in [0.15, 0.2) is 24.3 Å². The second-order valence-electron chi connectivity index (χ2n) is 7.13. The van der Waals surface area contributed by atoms with Crippen LogP contribution in [0, 0.1) is 0 Å². The monoisotopic (exact) mass is 359 g/mol. The summed E-state index contributed by atoms with van der Waals surface area (Å²) in [5, 5.41) is 8.96. The molecule has 0 saturated heterocycles. The Morgan fingerprint density at radius 1 is 1.04 bits per heavy atom. The minimum absolute atomic E-state index is 0.00927. The molecular formula is C20H29N3O3. The number of amides is 3. The minimum Gasteiger partial charge on any atom is -0.493 e. The van der Waals surface area contributed by atoms with Gasteiger partial charge in [0.2, 0.25) is 5.91 Å². The average Bonchev–Trinajstić information content (AvgIpc) is 2.66. The summed E-state index contributed by atoms with van der Waals surface area (Å²) in [6, 6.07) is 8.03. The number of nitrogens with one attached hydrogen (secondary N) is 3. The Hall–Kier alpha value is -2.24. The van der Waals surface area contributed by atoms with Crippen molar-refractivity contribution in [1.29, 1.82) is 0 Å². The number of carbonyl (C=O) groups excluding carboxylic acids is 2. The van der Waals surface area contributed by atoms with Crippen LogP contribution in [-0.2, 0) is 4.79 Å². The second kappa shape index (κ2) is 9.46. The van der Waals surface area contributed by atoms with Crippen LogP contribution in [0.25, 0.3) is 0 Å². The topological polar surface area (TPSA) is 79.5 Å². The maximum absolute atomic E-state index is 12.2. The molecule has 0 bridgehead atoms. The van der Waals surface area contributed by atoms with E-state index in [1.165, 1.54) is 19.3 Å². The summed E-state index contributed by atoms with van der Waals surface area (Å²) in [5.41, 5.74) is 1.04. The summed E-state index contributed by atoms with van der Waals surface area (Å²) in [6.07, 6.45) is 7.63. The van der Waals surface area contributed by atoms with Crippen molar-refractivity contribution < 1.29 is 14.3 Å². The van der Waals surface area contributed by atoms with Crippen molar-refractivity contribution in [3.8, 4) is 5.75 Å². The zero-order valence-corrected chi connectivity index (χ0v) is 15.3. The number of rotatable bonds is 6. The van der Waals surface area contributed by atoms with E-state index < -0.39 is 0 Å². The number of hydrogen-bond donors (Lipinski definition) is 3. The van der Waals surface area contributed by atoms with Crippen molar-refractivity contribution in [2.75, 3.05) is 13.2 Å². The molecule has 26 heavy (non-hydrogen) atoms. The molecule has 1 aromatic carbocycles. The van der Waals surface area contributed by atoms with Crippen LogP contribution >= 0.6 is 0 Å². The lowest BCUT2D eigenvalue weighted by Crippen LogP contribution is -2.43. The fraction of sp³-hybridized carbons (Fsp3) is 0.600. The zero-order chi connectivity index (χ0) is 18.2. The normalized spacial score (nSPS) is 19.8. The van der Waals surface area contributed by atoms with Gasteiger partial charge in [0.15, 0.2) is 0 Å². The Morgan fingerprint density at radius 2 is 1.85 bits per heavy atom. The maximum atomic E-state index is 12.2. The molecule has 1 aliphatic carbocycles. The Labute approximate surface area is 155 Å². The van der Waals surface area contributed by atoms with Gasteiger partial charge in [0.25, 0.3) is 0 Å². The molecule has 1 saturated carbocycles. The third-order valence-corrected chi connectivity index (χ3v) is 5.10. The van der Waals surface area contributed by atoms with Crippen molar-refractivity contribution in [3.05, 3.63) is 29.8 Å². The number of hydrogen-bond acceptors (Lipinski definition) is 3. The quantitative estimate of drug-likeness (QED) is 0.683. The summed E-state index contributed by atoms with van der Waals surface area (Å²) < 4.78 is 5.62. The minimum atomic E-state index is -0.115. The molecule has 0 spiro atoms. The van der Waals surface area contributed by atoms with Crippen molar-refractivity contribution >= 4 is 11.9 Å². The van der Waals surface area contributed by atoms with Crippen LogP contribution in [0.2, 0.25) is 0 Å². The van der Waals surface area contributed by atoms with Crippen molar-refractivity contribution in [2.24, 2.45) is 0 Å². The lowest BCUT2D eigenvalue weighted by atomic mass is 9.96. The Balaban J connectivity index is 1.33. The summed E-state index contributed by atoms with van der Waals surface area (Å²) in [4.78, 5) is 24.1. The fourth-order valence-electron chi connectivity index (χ4n) is 3.69. The second-order valence-corrected chi connectivity index (χ2v) is 7.13. The molecule has 0 radical (unpaired) electrons. The average molecular weight is 359 g/mol. The molecule has 6 nitrogen and oxygen atoms in total. The van der Waals surface area contributed by atoms with Gasteiger partial charge in [-0.25, -0.2) is 4.79 Å². The molecule has 1 atom stereocenters. The summed E-state index contributed by atoms with van der Waals surface area (Å²) in [5.74, 6) is 0.867. The van der Waals surface area contributed by atoms with Gasteiger partial charge in [0, 0.05) is 31.0 Å². The first kappa shape index (κ1) is 18.5. The highest BCUT2D eigenvalue weighted by Crippen LogP contribution is 2.31. The van der Waals surface area contributed by atoms with Crippen LogP contribution < -0.4 is 20.7 Å². The predicted octanol–water partition coefficient (Wildman–Crippen LogP) is 3.04. The van der Waals surface area contributed by atoms with Gasteiger partial charge in [0.05, 0.1) is 12.6 Å². The third-order valence-electron chi connectivity index (χ3n) is 5.10. The highest BCUT2D eigenvalue weighted by atomic mass is 16.5. The molecular weight excluding hydrogens is 330 g/mol. The van der Waals surface area contributed by atoms with Gasteiger partial charge < -0.3 is 20.7 Å². The first-order chi connectivity index (χ1) is 12.7. The molecule has 3 amide bonds. The van der Waals surface area contributed by atoms with E-state index in [0.717, 1.165) is 30.6 Å². The lowest BCUT2D eigenvalue weighted by Gasteiger charge is -2.26. The largest absolute Gasteiger partial charge is 0.493 e. The van der Waals surface area contributed by atoms with Gasteiger partial charge in [0.1, 0.15) is 5.75 Å². The maximum Gasteiger partial charge on any atom is 0.315 e.